The van der Waals surface area contributed by atoms with Gasteiger partial charge in [-0.3, -0.25) is 0 Å². The van der Waals surface area contributed by atoms with E-state index >= 15 is 0 Å². The van der Waals surface area contributed by atoms with Crippen LogP contribution in [-0.2, 0) is 0 Å². The van der Waals surface area contributed by atoms with Crippen LogP contribution in [0.2, 0.25) is 0 Å². The number of methoxy groups -OCH3 is 2. The summed E-state index contributed by atoms with van der Waals surface area (Å²) in [6.45, 7) is 2.08. The van der Waals surface area contributed by atoms with Gasteiger partial charge in [-0.1, -0.05) is 42.0 Å². The smallest absolute Gasteiger partial charge is 0.168 e. The van der Waals surface area contributed by atoms with Crippen molar-refractivity contribution in [2.24, 2.45) is 0 Å². The Kier molecular flexibility index (Phi) is 3.33. The molecule has 0 aliphatic carbocycles. The third-order valence-electron chi connectivity index (χ3n) is 2.77. The van der Waals surface area contributed by atoms with Crippen LogP contribution in [-0.4, -0.2) is 14.2 Å². The molecule has 0 aliphatic rings. The highest BCUT2D eigenvalue weighted by atomic mass is 16.5. The van der Waals surface area contributed by atoms with Crippen molar-refractivity contribution in [1.82, 2.24) is 0 Å². The topological polar surface area (TPSA) is 18.5 Å². The van der Waals surface area contributed by atoms with Gasteiger partial charge in [-0.15, -0.1) is 0 Å². The average molecular weight is 228 g/mol. The predicted octanol–water partition coefficient (Wildman–Crippen LogP) is 3.68. The molecule has 0 bridgehead atoms. The van der Waals surface area contributed by atoms with E-state index in [0.717, 1.165) is 22.6 Å². The number of hydrogen-bond donors (Lipinski definition) is 0. The fourth-order valence-electron chi connectivity index (χ4n) is 1.85. The largest absolute Gasteiger partial charge is 0.493 e. The molecule has 0 radical (unpaired) electrons. The Morgan fingerprint density at radius 1 is 0.824 bits per heavy atom. The van der Waals surface area contributed by atoms with Gasteiger partial charge in [0.15, 0.2) is 11.5 Å². The minimum Gasteiger partial charge on any atom is -0.493 e. The molecule has 2 aromatic carbocycles. The second kappa shape index (κ2) is 4.91. The summed E-state index contributed by atoms with van der Waals surface area (Å²) in [5.74, 6) is 1.53. The zero-order valence-corrected chi connectivity index (χ0v) is 10.4. The maximum absolute atomic E-state index is 5.43. The van der Waals surface area contributed by atoms with Crippen LogP contribution >= 0.6 is 0 Å². The van der Waals surface area contributed by atoms with Gasteiger partial charge < -0.3 is 9.47 Å². The number of benzene rings is 2. The lowest BCUT2D eigenvalue weighted by Gasteiger charge is -2.12. The number of para-hydroxylation sites is 1. The van der Waals surface area contributed by atoms with Crippen molar-refractivity contribution >= 4 is 0 Å². The maximum atomic E-state index is 5.43. The van der Waals surface area contributed by atoms with E-state index in [2.05, 4.69) is 31.2 Å². The molecule has 0 unspecified atom stereocenters. The van der Waals surface area contributed by atoms with E-state index < -0.39 is 0 Å². The lowest BCUT2D eigenvalue weighted by atomic mass is 10.0. The van der Waals surface area contributed by atoms with Crippen LogP contribution in [0.25, 0.3) is 11.1 Å². The van der Waals surface area contributed by atoms with E-state index in [-0.39, 0.29) is 0 Å². The Balaban J connectivity index is 2.54. The van der Waals surface area contributed by atoms with Gasteiger partial charge in [-0.25, -0.2) is 0 Å². The zero-order chi connectivity index (χ0) is 12.3. The summed E-state index contributed by atoms with van der Waals surface area (Å²) >= 11 is 0. The van der Waals surface area contributed by atoms with Gasteiger partial charge in [-0.05, 0) is 18.6 Å². The van der Waals surface area contributed by atoms with E-state index in [1.807, 2.05) is 18.2 Å². The summed E-state index contributed by atoms with van der Waals surface area (Å²) in [4.78, 5) is 0. The second-order valence-electron chi connectivity index (χ2n) is 3.91. The molecule has 0 spiro atoms. The third-order valence-corrected chi connectivity index (χ3v) is 2.77. The average Bonchev–Trinajstić information content (AvgIpc) is 2.38. The molecule has 0 saturated carbocycles. The molecule has 2 heteroatoms. The van der Waals surface area contributed by atoms with Crippen molar-refractivity contribution in [1.29, 1.82) is 0 Å². The Hall–Kier alpha value is -1.96. The van der Waals surface area contributed by atoms with E-state index in [9.17, 15) is 0 Å². The number of rotatable bonds is 3. The van der Waals surface area contributed by atoms with Crippen molar-refractivity contribution in [3.63, 3.8) is 0 Å². The molecule has 0 saturated heterocycles. The highest BCUT2D eigenvalue weighted by Gasteiger charge is 2.10. The molecular weight excluding hydrogens is 212 g/mol. The molecule has 0 amide bonds. The molecule has 0 aromatic heterocycles. The molecule has 0 heterocycles. The second-order valence-corrected chi connectivity index (χ2v) is 3.91. The van der Waals surface area contributed by atoms with Gasteiger partial charge in [0.1, 0.15) is 0 Å². The molecule has 2 aromatic rings. The van der Waals surface area contributed by atoms with Crippen LogP contribution < -0.4 is 9.47 Å². The Morgan fingerprint density at radius 3 is 2.12 bits per heavy atom. The molecule has 2 rings (SSSR count). The van der Waals surface area contributed by atoms with Crippen LogP contribution in [0, 0.1) is 6.92 Å². The van der Waals surface area contributed by atoms with Gasteiger partial charge >= 0.3 is 0 Å². The van der Waals surface area contributed by atoms with Crippen molar-refractivity contribution in [3.8, 4) is 22.6 Å². The highest BCUT2D eigenvalue weighted by Crippen LogP contribution is 2.37. The molecule has 17 heavy (non-hydrogen) atoms. The Bertz CT molecular complexity index is 501. The maximum Gasteiger partial charge on any atom is 0.168 e. The van der Waals surface area contributed by atoms with Crippen LogP contribution in [0.1, 0.15) is 5.56 Å². The standard InChI is InChI=1S/C15H16O2/c1-11-7-9-12(10-8-11)13-5-4-6-14(16-2)15(13)17-3/h4-10H,1-3H3. The fraction of sp³-hybridized carbons (Fsp3) is 0.200. The monoisotopic (exact) mass is 228 g/mol. The first-order valence-electron chi connectivity index (χ1n) is 5.54. The first-order valence-corrected chi connectivity index (χ1v) is 5.54. The SMILES string of the molecule is COc1cccc(-c2ccc(C)cc2)c1OC. The summed E-state index contributed by atoms with van der Waals surface area (Å²) in [5.41, 5.74) is 3.42. The lowest BCUT2D eigenvalue weighted by Crippen LogP contribution is -1.93. The van der Waals surface area contributed by atoms with Gasteiger partial charge in [0.25, 0.3) is 0 Å². The summed E-state index contributed by atoms with van der Waals surface area (Å²) in [7, 11) is 3.31. The Labute approximate surface area is 102 Å². The third kappa shape index (κ3) is 2.26. The quantitative estimate of drug-likeness (QED) is 0.797. The fourth-order valence-corrected chi connectivity index (χ4v) is 1.85. The molecule has 0 fully saturated rings. The van der Waals surface area contributed by atoms with Crippen molar-refractivity contribution in [2.75, 3.05) is 14.2 Å². The molecule has 0 aliphatic heterocycles. The predicted molar refractivity (Wildman–Crippen MR) is 69.7 cm³/mol. The first kappa shape index (κ1) is 11.5. The van der Waals surface area contributed by atoms with Gasteiger partial charge in [-0.2, -0.15) is 0 Å². The summed E-state index contributed by atoms with van der Waals surface area (Å²) < 4.78 is 10.7. The molecular formula is C15H16O2. The van der Waals surface area contributed by atoms with Crippen molar-refractivity contribution < 1.29 is 9.47 Å². The summed E-state index contributed by atoms with van der Waals surface area (Å²) in [5, 5.41) is 0. The molecule has 2 nitrogen and oxygen atoms in total. The number of hydrogen-bond acceptors (Lipinski definition) is 2. The van der Waals surface area contributed by atoms with E-state index in [1.165, 1.54) is 5.56 Å². The first-order chi connectivity index (χ1) is 8.26. The van der Waals surface area contributed by atoms with Gasteiger partial charge in [0.05, 0.1) is 14.2 Å². The Morgan fingerprint density at radius 2 is 1.53 bits per heavy atom. The normalized spacial score (nSPS) is 10.1. The van der Waals surface area contributed by atoms with Crippen LogP contribution in [0.3, 0.4) is 0 Å². The van der Waals surface area contributed by atoms with Crippen molar-refractivity contribution in [3.05, 3.63) is 48.0 Å². The molecule has 0 atom stereocenters. The summed E-state index contributed by atoms with van der Waals surface area (Å²) in [6, 6.07) is 14.3. The lowest BCUT2D eigenvalue weighted by molar-refractivity contribution is 0.356. The number of ether oxygens (including phenoxy) is 2. The van der Waals surface area contributed by atoms with E-state index in [4.69, 9.17) is 9.47 Å². The zero-order valence-electron chi connectivity index (χ0n) is 10.4. The number of aryl methyl sites for hydroxylation is 1. The van der Waals surface area contributed by atoms with Crippen LogP contribution in [0.15, 0.2) is 42.5 Å². The van der Waals surface area contributed by atoms with E-state index in [0.29, 0.717) is 0 Å². The molecule has 88 valence electrons. The van der Waals surface area contributed by atoms with Crippen molar-refractivity contribution in [2.45, 2.75) is 6.92 Å². The van der Waals surface area contributed by atoms with Crippen LogP contribution in [0.4, 0.5) is 0 Å². The van der Waals surface area contributed by atoms with Gasteiger partial charge in [0, 0.05) is 5.56 Å². The van der Waals surface area contributed by atoms with E-state index in [1.54, 1.807) is 14.2 Å². The minimum atomic E-state index is 0.755. The highest BCUT2D eigenvalue weighted by molar-refractivity contribution is 5.73. The van der Waals surface area contributed by atoms with Crippen LogP contribution in [0.5, 0.6) is 11.5 Å². The molecule has 0 N–H and O–H groups in total. The minimum absolute atomic E-state index is 0.755. The summed E-state index contributed by atoms with van der Waals surface area (Å²) in [6.07, 6.45) is 0. The van der Waals surface area contributed by atoms with Gasteiger partial charge in [0.2, 0.25) is 0 Å².